The van der Waals surface area contributed by atoms with Gasteiger partial charge in [-0.3, -0.25) is 9.89 Å². The van der Waals surface area contributed by atoms with E-state index in [1.165, 1.54) is 0 Å². The van der Waals surface area contributed by atoms with E-state index in [1.54, 1.807) is 18.2 Å². The molecule has 1 saturated heterocycles. The third-order valence-electron chi connectivity index (χ3n) is 5.24. The van der Waals surface area contributed by atoms with Crippen LogP contribution >= 0.6 is 11.6 Å². The number of benzene rings is 2. The van der Waals surface area contributed by atoms with Gasteiger partial charge in [0.1, 0.15) is 0 Å². The molecule has 0 bridgehead atoms. The Morgan fingerprint density at radius 3 is 2.89 bits per heavy atom. The zero-order chi connectivity index (χ0) is 19.7. The van der Waals surface area contributed by atoms with E-state index in [-0.39, 0.29) is 11.8 Å². The number of hydrogen-bond acceptors (Lipinski definition) is 4. The smallest absolute Gasteiger partial charge is 0.229 e. The van der Waals surface area contributed by atoms with Gasteiger partial charge in [0, 0.05) is 28.6 Å². The Kier molecular flexibility index (Phi) is 5.03. The molecule has 7 heteroatoms. The summed E-state index contributed by atoms with van der Waals surface area (Å²) >= 11 is 6.34. The minimum atomic E-state index is -0.0621. The van der Waals surface area contributed by atoms with Crippen molar-refractivity contribution in [3.8, 4) is 17.2 Å². The quantitative estimate of drug-likeness (QED) is 0.624. The van der Waals surface area contributed by atoms with Crippen LogP contribution < -0.4 is 10.6 Å². The van der Waals surface area contributed by atoms with Crippen LogP contribution in [0.2, 0.25) is 5.02 Å². The number of aromatic amines is 1. The first-order valence-corrected chi connectivity index (χ1v) is 9.65. The number of halogens is 1. The summed E-state index contributed by atoms with van der Waals surface area (Å²) in [4.78, 5) is 12.6. The normalized spacial score (nSPS) is 19.3. The summed E-state index contributed by atoms with van der Waals surface area (Å²) in [6.45, 7) is 2.81. The monoisotopic (exact) mass is 393 g/mol. The highest BCUT2D eigenvalue weighted by Gasteiger charge is 2.25. The average Bonchev–Trinajstić information content (AvgIpc) is 3.11. The van der Waals surface area contributed by atoms with Crippen LogP contribution in [0.25, 0.3) is 22.0 Å². The number of anilines is 1. The Hall–Kier alpha value is -2.88. The highest BCUT2D eigenvalue weighted by molar-refractivity contribution is 6.33. The molecule has 6 nitrogen and oxygen atoms in total. The summed E-state index contributed by atoms with van der Waals surface area (Å²) in [7, 11) is 0. The van der Waals surface area contributed by atoms with Gasteiger partial charge in [0.2, 0.25) is 5.91 Å². The summed E-state index contributed by atoms with van der Waals surface area (Å²) in [6.07, 6.45) is 1.85. The van der Waals surface area contributed by atoms with Gasteiger partial charge in [-0.25, -0.2) is 0 Å². The molecule has 2 heterocycles. The molecule has 4 rings (SSSR count). The molecule has 0 spiro atoms. The van der Waals surface area contributed by atoms with Gasteiger partial charge in [0.25, 0.3) is 0 Å². The van der Waals surface area contributed by atoms with Gasteiger partial charge in [0.15, 0.2) is 5.82 Å². The lowest BCUT2D eigenvalue weighted by molar-refractivity contribution is -0.120. The van der Waals surface area contributed by atoms with Crippen LogP contribution in [-0.4, -0.2) is 28.7 Å². The zero-order valence-electron chi connectivity index (χ0n) is 15.4. The molecule has 142 valence electrons. The Morgan fingerprint density at radius 2 is 2.14 bits per heavy atom. The van der Waals surface area contributed by atoms with Gasteiger partial charge in [-0.05, 0) is 55.7 Å². The number of aromatic nitrogens is 2. The van der Waals surface area contributed by atoms with E-state index in [4.69, 9.17) is 16.9 Å². The van der Waals surface area contributed by atoms with Crippen molar-refractivity contribution in [3.05, 3.63) is 47.0 Å². The lowest BCUT2D eigenvalue weighted by atomic mass is 9.95. The van der Waals surface area contributed by atoms with Crippen LogP contribution in [0.15, 0.2) is 36.4 Å². The van der Waals surface area contributed by atoms with Gasteiger partial charge in [-0.15, -0.1) is 0 Å². The Balaban J connectivity index is 1.64. The van der Waals surface area contributed by atoms with Crippen molar-refractivity contribution in [1.82, 2.24) is 15.5 Å². The molecular weight excluding hydrogens is 374 g/mol. The number of carbonyl (C=O) groups excluding carboxylic acids is 1. The van der Waals surface area contributed by atoms with Crippen molar-refractivity contribution in [2.75, 3.05) is 11.9 Å². The molecule has 0 unspecified atom stereocenters. The van der Waals surface area contributed by atoms with Gasteiger partial charge >= 0.3 is 0 Å². The van der Waals surface area contributed by atoms with Crippen LogP contribution in [0, 0.1) is 17.2 Å². The highest BCUT2D eigenvalue weighted by atomic mass is 35.5. The molecule has 0 saturated carbocycles. The molecular formula is C21H20ClN5O. The standard InChI is InChI=1S/C21H20ClN5O/c1-12-2-4-15(11-24-12)21(28)25-20-17-9-14(5-7-19(17)26-27-20)16-8-13(10-23)3-6-18(16)22/h3,5-9,12,15,24H,2,4,11H2,1H3,(H2,25,26,27,28)/t12-,15-/m1/s1. The fraction of sp³-hybridized carbons (Fsp3) is 0.286. The third kappa shape index (κ3) is 3.59. The summed E-state index contributed by atoms with van der Waals surface area (Å²) in [5.41, 5.74) is 2.99. The van der Waals surface area contributed by atoms with Gasteiger partial charge in [-0.2, -0.15) is 10.4 Å². The van der Waals surface area contributed by atoms with Crippen molar-refractivity contribution in [2.24, 2.45) is 5.92 Å². The van der Waals surface area contributed by atoms with Crippen molar-refractivity contribution < 1.29 is 4.79 Å². The molecule has 2 atom stereocenters. The average molecular weight is 394 g/mol. The van der Waals surface area contributed by atoms with E-state index in [2.05, 4.69) is 33.8 Å². The molecule has 3 aromatic rings. The predicted molar refractivity (Wildman–Crippen MR) is 110 cm³/mol. The summed E-state index contributed by atoms with van der Waals surface area (Å²) < 4.78 is 0. The van der Waals surface area contributed by atoms with Crippen LogP contribution in [0.1, 0.15) is 25.3 Å². The molecule has 3 N–H and O–H groups in total. The number of nitrogens with zero attached hydrogens (tertiary/aromatic N) is 2. The number of nitriles is 1. The lowest BCUT2D eigenvalue weighted by Crippen LogP contribution is -2.41. The molecule has 0 radical (unpaired) electrons. The zero-order valence-corrected chi connectivity index (χ0v) is 16.2. The molecule has 1 amide bonds. The van der Waals surface area contributed by atoms with Crippen molar-refractivity contribution >= 4 is 34.2 Å². The maximum absolute atomic E-state index is 12.6. The highest BCUT2D eigenvalue weighted by Crippen LogP contribution is 2.32. The van der Waals surface area contributed by atoms with Crippen molar-refractivity contribution in [1.29, 1.82) is 5.26 Å². The minimum Gasteiger partial charge on any atom is -0.313 e. The van der Waals surface area contributed by atoms with E-state index in [1.807, 2.05) is 18.2 Å². The van der Waals surface area contributed by atoms with Gasteiger partial charge in [0.05, 0.1) is 23.1 Å². The second-order valence-electron chi connectivity index (χ2n) is 7.21. The molecule has 0 aliphatic carbocycles. The van der Waals surface area contributed by atoms with Crippen LogP contribution in [-0.2, 0) is 4.79 Å². The number of nitrogens with one attached hydrogen (secondary N) is 3. The number of amides is 1. The number of carbonyl (C=O) groups is 1. The Labute approximate surface area is 167 Å². The van der Waals surface area contributed by atoms with E-state index < -0.39 is 0 Å². The number of rotatable bonds is 3. The molecule has 1 fully saturated rings. The second kappa shape index (κ2) is 7.63. The summed E-state index contributed by atoms with van der Waals surface area (Å²) in [5, 5.41) is 24.1. The Bertz CT molecular complexity index is 1080. The SMILES string of the molecule is C[C@@H]1CC[C@@H](C(=O)Nc2n[nH]c3ccc(-c4cc(C#N)ccc4Cl)cc23)CN1. The molecule has 1 aromatic heterocycles. The van der Waals surface area contributed by atoms with Crippen LogP contribution in [0.4, 0.5) is 5.82 Å². The third-order valence-corrected chi connectivity index (χ3v) is 5.57. The molecule has 1 aliphatic rings. The van der Waals surface area contributed by atoms with Crippen LogP contribution in [0.3, 0.4) is 0 Å². The number of hydrogen-bond donors (Lipinski definition) is 3. The van der Waals surface area contributed by atoms with Crippen LogP contribution in [0.5, 0.6) is 0 Å². The number of H-pyrrole nitrogens is 1. The fourth-order valence-corrected chi connectivity index (χ4v) is 3.76. The summed E-state index contributed by atoms with van der Waals surface area (Å²) in [6, 6.07) is 13.5. The maximum atomic E-state index is 12.6. The van der Waals surface area contributed by atoms with E-state index >= 15 is 0 Å². The minimum absolute atomic E-state index is 0.0253. The fourth-order valence-electron chi connectivity index (χ4n) is 3.53. The molecule has 28 heavy (non-hydrogen) atoms. The second-order valence-corrected chi connectivity index (χ2v) is 7.62. The number of fused-ring (bicyclic) bond motifs is 1. The lowest BCUT2D eigenvalue weighted by Gasteiger charge is -2.26. The molecule has 2 aromatic carbocycles. The van der Waals surface area contributed by atoms with Crippen molar-refractivity contribution in [2.45, 2.75) is 25.8 Å². The first-order valence-electron chi connectivity index (χ1n) is 9.27. The van der Waals surface area contributed by atoms with Crippen molar-refractivity contribution in [3.63, 3.8) is 0 Å². The van der Waals surface area contributed by atoms with Gasteiger partial charge < -0.3 is 10.6 Å². The summed E-state index contributed by atoms with van der Waals surface area (Å²) in [5.74, 6) is 0.420. The topological polar surface area (TPSA) is 93.6 Å². The molecule has 1 aliphatic heterocycles. The Morgan fingerprint density at radius 1 is 1.29 bits per heavy atom. The van der Waals surface area contributed by atoms with E-state index in [9.17, 15) is 4.79 Å². The van der Waals surface area contributed by atoms with E-state index in [0.29, 0.717) is 29.0 Å². The van der Waals surface area contributed by atoms with E-state index in [0.717, 1.165) is 34.9 Å². The largest absolute Gasteiger partial charge is 0.313 e. The first kappa shape index (κ1) is 18.5. The maximum Gasteiger partial charge on any atom is 0.229 e. The number of piperidine rings is 1. The van der Waals surface area contributed by atoms with Gasteiger partial charge in [-0.1, -0.05) is 17.7 Å². The predicted octanol–water partition coefficient (Wildman–Crippen LogP) is 4.08. The first-order chi connectivity index (χ1) is 13.5.